The van der Waals surface area contributed by atoms with Gasteiger partial charge in [-0.1, -0.05) is 32.0 Å². The first-order valence-corrected chi connectivity index (χ1v) is 13.2. The average molecular weight is 502 g/mol. The van der Waals surface area contributed by atoms with Gasteiger partial charge in [-0.2, -0.15) is 4.98 Å². The Morgan fingerprint density at radius 2 is 1.70 bits per heavy atom. The molecular weight excluding hydrogens is 462 g/mol. The largest absolute Gasteiger partial charge is 0.399 e. The second-order valence-corrected chi connectivity index (χ2v) is 9.84. The highest BCUT2D eigenvalue weighted by atomic mass is 16.2. The van der Waals surface area contributed by atoms with E-state index in [2.05, 4.69) is 62.1 Å². The molecule has 0 atom stereocenters. The molecule has 1 aliphatic heterocycles. The van der Waals surface area contributed by atoms with Gasteiger partial charge >= 0.3 is 6.03 Å². The maximum atomic E-state index is 13.7. The molecule has 2 heterocycles. The Balaban J connectivity index is 0.000000480. The van der Waals surface area contributed by atoms with Gasteiger partial charge in [0.15, 0.2) is 0 Å². The summed E-state index contributed by atoms with van der Waals surface area (Å²) in [6, 6.07) is 13.7. The van der Waals surface area contributed by atoms with Crippen molar-refractivity contribution >= 4 is 34.9 Å². The first kappa shape index (κ1) is 26.4. The Hall–Kier alpha value is -3.65. The number of hydrogen-bond acceptors (Lipinski definition) is 6. The van der Waals surface area contributed by atoms with Crippen LogP contribution < -0.4 is 20.9 Å². The van der Waals surface area contributed by atoms with Crippen LogP contribution in [0.15, 0.2) is 48.7 Å². The van der Waals surface area contributed by atoms with Crippen molar-refractivity contribution in [3.63, 3.8) is 0 Å². The summed E-state index contributed by atoms with van der Waals surface area (Å²) in [5.41, 5.74) is 11.4. The molecule has 8 heteroatoms. The van der Waals surface area contributed by atoms with Crippen molar-refractivity contribution in [1.29, 1.82) is 0 Å². The van der Waals surface area contributed by atoms with Crippen LogP contribution >= 0.6 is 0 Å². The minimum Gasteiger partial charge on any atom is -0.399 e. The summed E-state index contributed by atoms with van der Waals surface area (Å²) in [6.07, 6.45) is 4.96. The van der Waals surface area contributed by atoms with Crippen LogP contribution in [-0.2, 0) is 6.54 Å². The van der Waals surface area contributed by atoms with E-state index in [-0.39, 0.29) is 12.1 Å². The Morgan fingerprint density at radius 1 is 1.05 bits per heavy atom. The number of rotatable bonds is 6. The molecule has 1 saturated carbocycles. The Labute approximate surface area is 220 Å². The summed E-state index contributed by atoms with van der Waals surface area (Å²) >= 11 is 0. The smallest absolute Gasteiger partial charge is 0.330 e. The minimum absolute atomic E-state index is 0.00765. The van der Waals surface area contributed by atoms with Crippen molar-refractivity contribution in [1.82, 2.24) is 14.9 Å². The van der Waals surface area contributed by atoms with E-state index in [1.807, 2.05) is 46.3 Å². The second kappa shape index (κ2) is 11.6. The minimum atomic E-state index is -0.00765. The van der Waals surface area contributed by atoms with Gasteiger partial charge in [0.05, 0.1) is 12.2 Å². The number of carbonyl (C=O) groups is 1. The van der Waals surface area contributed by atoms with E-state index in [9.17, 15) is 4.79 Å². The van der Waals surface area contributed by atoms with E-state index in [1.165, 1.54) is 0 Å². The lowest BCUT2D eigenvalue weighted by Crippen LogP contribution is -2.54. The third kappa shape index (κ3) is 5.85. The Morgan fingerprint density at radius 3 is 2.24 bits per heavy atom. The van der Waals surface area contributed by atoms with Crippen LogP contribution in [0.2, 0.25) is 0 Å². The lowest BCUT2D eigenvalue weighted by Gasteiger charge is -2.44. The molecule has 2 amide bonds. The van der Waals surface area contributed by atoms with E-state index in [4.69, 9.17) is 10.7 Å². The number of carbonyl (C=O) groups excluding carboxylic acids is 1. The highest BCUT2D eigenvalue weighted by molar-refractivity contribution is 6.06. The van der Waals surface area contributed by atoms with E-state index in [0.29, 0.717) is 24.0 Å². The lowest BCUT2D eigenvalue weighted by molar-refractivity contribution is 0.242. The molecular formula is C29H39N7O. The van der Waals surface area contributed by atoms with Gasteiger partial charge in [0.1, 0.15) is 5.82 Å². The molecule has 2 aromatic carbocycles. The highest BCUT2D eigenvalue weighted by Crippen LogP contribution is 2.39. The second-order valence-electron chi connectivity index (χ2n) is 9.84. The normalized spacial score (nSPS) is 15.1. The monoisotopic (exact) mass is 501 g/mol. The van der Waals surface area contributed by atoms with Crippen molar-refractivity contribution in [2.75, 3.05) is 41.0 Å². The standard InChI is InChI=1S/C24H26N6O.C5H13N/c1-15-5-3-6-16(2)21(15)29-14-17-13-26-23(27-19-11-9-18(25)10-12-19)28-22(17)30(24(29)31)20-7-4-8-20;1-4-6(3)5-2/h3,5-6,9-13,20H,4,7-8,14,25H2,1-2H3,(H,26,27,28);4-5H2,1-3H3. The van der Waals surface area contributed by atoms with E-state index in [0.717, 1.165) is 60.4 Å². The van der Waals surface area contributed by atoms with Gasteiger partial charge in [-0.3, -0.25) is 9.80 Å². The van der Waals surface area contributed by atoms with Crippen LogP contribution in [0.1, 0.15) is 49.8 Å². The number of amides is 2. The fourth-order valence-electron chi connectivity index (χ4n) is 4.54. The number of nitrogens with two attached hydrogens (primary N) is 1. The summed E-state index contributed by atoms with van der Waals surface area (Å²) < 4.78 is 0. The number of para-hydroxylation sites is 1. The number of urea groups is 1. The summed E-state index contributed by atoms with van der Waals surface area (Å²) in [5.74, 6) is 1.19. The van der Waals surface area contributed by atoms with Crippen LogP contribution in [0.3, 0.4) is 0 Å². The molecule has 196 valence electrons. The fourth-order valence-corrected chi connectivity index (χ4v) is 4.54. The molecule has 1 fully saturated rings. The van der Waals surface area contributed by atoms with Crippen LogP contribution in [0.4, 0.5) is 33.6 Å². The van der Waals surface area contributed by atoms with Gasteiger partial charge in [0.2, 0.25) is 5.95 Å². The van der Waals surface area contributed by atoms with E-state index in [1.54, 1.807) is 0 Å². The first-order chi connectivity index (χ1) is 17.8. The molecule has 1 aromatic heterocycles. The molecule has 37 heavy (non-hydrogen) atoms. The van der Waals surface area contributed by atoms with Crippen molar-refractivity contribution in [2.24, 2.45) is 0 Å². The highest BCUT2D eigenvalue weighted by Gasteiger charge is 2.40. The lowest BCUT2D eigenvalue weighted by atomic mass is 9.90. The van der Waals surface area contributed by atoms with Crippen molar-refractivity contribution < 1.29 is 4.79 Å². The van der Waals surface area contributed by atoms with Gasteiger partial charge in [0, 0.05) is 29.2 Å². The molecule has 0 saturated heterocycles. The maximum absolute atomic E-state index is 13.7. The fraction of sp³-hybridized carbons (Fsp3) is 0.414. The Bertz CT molecular complexity index is 1200. The molecule has 8 nitrogen and oxygen atoms in total. The number of aromatic nitrogens is 2. The molecule has 3 N–H and O–H groups in total. The number of nitrogens with zero attached hydrogens (tertiary/aromatic N) is 5. The summed E-state index contributed by atoms with van der Waals surface area (Å²) in [6.45, 7) is 11.2. The maximum Gasteiger partial charge on any atom is 0.330 e. The zero-order chi connectivity index (χ0) is 26.5. The number of hydrogen-bond donors (Lipinski definition) is 2. The van der Waals surface area contributed by atoms with Crippen LogP contribution in [0.5, 0.6) is 0 Å². The average Bonchev–Trinajstić information content (AvgIpc) is 2.86. The van der Waals surface area contributed by atoms with Crippen LogP contribution in [0, 0.1) is 13.8 Å². The van der Waals surface area contributed by atoms with Crippen LogP contribution in [0.25, 0.3) is 0 Å². The molecule has 0 radical (unpaired) electrons. The van der Waals surface area contributed by atoms with Crippen molar-refractivity contribution in [3.8, 4) is 0 Å². The Kier molecular flexibility index (Phi) is 8.28. The van der Waals surface area contributed by atoms with Gasteiger partial charge in [-0.25, -0.2) is 9.78 Å². The number of nitrogen functional groups attached to an aromatic ring is 1. The summed E-state index contributed by atoms with van der Waals surface area (Å²) in [4.78, 5) is 29.0. The summed E-state index contributed by atoms with van der Waals surface area (Å²) in [7, 11) is 2.11. The van der Waals surface area contributed by atoms with Gasteiger partial charge in [0.25, 0.3) is 0 Å². The van der Waals surface area contributed by atoms with Crippen molar-refractivity contribution in [3.05, 3.63) is 65.4 Å². The molecule has 3 aromatic rings. The molecule has 5 rings (SSSR count). The van der Waals surface area contributed by atoms with Gasteiger partial charge < -0.3 is 16.0 Å². The molecule has 1 aliphatic carbocycles. The topological polar surface area (TPSA) is 90.6 Å². The molecule has 0 bridgehead atoms. The van der Waals surface area contributed by atoms with Crippen LogP contribution in [-0.4, -0.2) is 47.1 Å². The van der Waals surface area contributed by atoms with Gasteiger partial charge in [-0.05, 0) is 88.6 Å². The number of aryl methyl sites for hydroxylation is 2. The number of nitrogens with one attached hydrogen (secondary N) is 1. The predicted molar refractivity (Wildman–Crippen MR) is 153 cm³/mol. The zero-order valence-corrected chi connectivity index (χ0v) is 22.7. The molecule has 0 spiro atoms. The predicted octanol–water partition coefficient (Wildman–Crippen LogP) is 5.88. The number of fused-ring (bicyclic) bond motifs is 1. The zero-order valence-electron chi connectivity index (χ0n) is 22.7. The molecule has 0 unspecified atom stereocenters. The van der Waals surface area contributed by atoms with Crippen molar-refractivity contribution in [2.45, 2.75) is 59.5 Å². The number of benzene rings is 2. The van der Waals surface area contributed by atoms with E-state index < -0.39 is 0 Å². The number of anilines is 5. The summed E-state index contributed by atoms with van der Waals surface area (Å²) in [5, 5.41) is 3.22. The first-order valence-electron chi connectivity index (χ1n) is 13.2. The third-order valence-electron chi connectivity index (χ3n) is 7.23. The SMILES string of the molecule is CCN(C)CC.Cc1cccc(C)c1N1Cc2cnc(Nc3ccc(N)cc3)nc2N(C2CCC2)C1=O. The third-order valence-corrected chi connectivity index (χ3v) is 7.23. The molecule has 2 aliphatic rings. The van der Waals surface area contributed by atoms with E-state index >= 15 is 0 Å². The van der Waals surface area contributed by atoms with Gasteiger partial charge in [-0.15, -0.1) is 0 Å². The quantitative estimate of drug-likeness (QED) is 0.410.